The summed E-state index contributed by atoms with van der Waals surface area (Å²) in [6.07, 6.45) is 10.1. The summed E-state index contributed by atoms with van der Waals surface area (Å²) < 4.78 is 7.46. The van der Waals surface area contributed by atoms with E-state index in [0.717, 1.165) is 32.1 Å². The lowest BCUT2D eigenvalue weighted by Gasteiger charge is -2.60. The van der Waals surface area contributed by atoms with E-state index in [1.807, 2.05) is 13.8 Å². The smallest absolute Gasteiger partial charge is 0.258 e. The quantitative estimate of drug-likeness (QED) is 0.569. The van der Waals surface area contributed by atoms with E-state index in [1.54, 1.807) is 26.1 Å². The summed E-state index contributed by atoms with van der Waals surface area (Å²) in [6.45, 7) is 7.92. The number of hydrogen-bond donors (Lipinski definition) is 3. The van der Waals surface area contributed by atoms with Gasteiger partial charge in [0.2, 0.25) is 11.8 Å². The average molecular weight is 445 g/mol. The number of hydrogen-bond acceptors (Lipinski definition) is 5. The highest BCUT2D eigenvalue weighted by molar-refractivity contribution is 5.97. The first-order chi connectivity index (χ1) is 14.9. The van der Waals surface area contributed by atoms with Gasteiger partial charge in [-0.25, -0.2) is 4.68 Å². The number of aliphatic hydroxyl groups is 1. The van der Waals surface area contributed by atoms with Crippen LogP contribution in [0, 0.1) is 23.2 Å². The highest BCUT2D eigenvalue weighted by Crippen LogP contribution is 2.57. The van der Waals surface area contributed by atoms with Crippen molar-refractivity contribution in [1.82, 2.24) is 15.1 Å². The summed E-state index contributed by atoms with van der Waals surface area (Å²) in [4.78, 5) is 25.1. The summed E-state index contributed by atoms with van der Waals surface area (Å²) in [7, 11) is 0. The number of carbonyl (C=O) groups is 2. The summed E-state index contributed by atoms with van der Waals surface area (Å²) >= 11 is 0. The maximum absolute atomic E-state index is 13.4. The number of aromatic nitrogens is 2. The Kier molecular flexibility index (Phi) is 5.64. The molecule has 32 heavy (non-hydrogen) atoms. The minimum atomic E-state index is -0.863. The highest BCUT2D eigenvalue weighted by Gasteiger charge is 2.57. The minimum absolute atomic E-state index is 0.233. The molecule has 4 aliphatic carbocycles. The van der Waals surface area contributed by atoms with Gasteiger partial charge in [0, 0.05) is 11.7 Å². The van der Waals surface area contributed by atoms with E-state index in [9.17, 15) is 14.7 Å². The number of nitrogens with one attached hydrogen (secondary N) is 1. The molecule has 0 radical (unpaired) electrons. The van der Waals surface area contributed by atoms with Gasteiger partial charge in [-0.2, -0.15) is 5.10 Å². The maximum atomic E-state index is 13.4. The second-order valence-electron chi connectivity index (χ2n) is 11.3. The van der Waals surface area contributed by atoms with Crippen LogP contribution < -0.4 is 15.8 Å². The molecule has 176 valence electrons. The topological polar surface area (TPSA) is 119 Å². The van der Waals surface area contributed by atoms with Gasteiger partial charge in [0.05, 0.1) is 23.8 Å². The van der Waals surface area contributed by atoms with Crippen LogP contribution >= 0.6 is 0 Å². The zero-order valence-electron chi connectivity index (χ0n) is 19.6. The number of nitrogens with two attached hydrogens (primary N) is 1. The Morgan fingerprint density at radius 3 is 2.56 bits per heavy atom. The number of amides is 2. The fraction of sp³-hybridized carbons (Fsp3) is 0.708. The van der Waals surface area contributed by atoms with Crippen LogP contribution in [0.1, 0.15) is 76.6 Å². The Bertz CT molecular complexity index is 918. The molecule has 4 fully saturated rings. The number of rotatable bonds is 8. The molecule has 5 rings (SSSR count). The molecule has 2 atom stereocenters. The average Bonchev–Trinajstić information content (AvgIpc) is 3.05. The standard InChI is InChI=1S/C24H36N4O4/c1-15(2)13-32-20-18(12-26-28(20)6-5-22(3,4)21(25)30)19(29)27-23-8-16-7-17(9-23)11-24(31,10-16)14-23/h5-6,12,15-17,31H,7-11,13-14H2,1-4H3,(H2,25,30)(H,27,29). The number of nitrogens with zero attached hydrogens (tertiary/aromatic N) is 2. The molecular formula is C24H36N4O4. The number of carbonyl (C=O) groups excluding carboxylic acids is 2. The van der Waals surface area contributed by atoms with Gasteiger partial charge in [0.1, 0.15) is 5.56 Å². The summed E-state index contributed by atoms with van der Waals surface area (Å²) in [5.74, 6) is 0.861. The molecule has 8 nitrogen and oxygen atoms in total. The summed E-state index contributed by atoms with van der Waals surface area (Å²) in [5.41, 5.74) is 3.94. The molecule has 4 N–H and O–H groups in total. The summed E-state index contributed by atoms with van der Waals surface area (Å²) in [5, 5.41) is 18.6. The SMILES string of the molecule is CC(C)COc1c(C(=O)NC23CC4CC(CC(O)(C4)C2)C3)cnn1C=CC(C)(C)C(N)=O. The summed E-state index contributed by atoms with van der Waals surface area (Å²) in [6, 6.07) is 0. The van der Waals surface area contributed by atoms with Crippen molar-refractivity contribution in [3.8, 4) is 5.88 Å². The zero-order chi connectivity index (χ0) is 23.3. The molecule has 2 amide bonds. The Morgan fingerprint density at radius 1 is 1.34 bits per heavy atom. The van der Waals surface area contributed by atoms with Crippen molar-refractivity contribution >= 4 is 18.0 Å². The Balaban J connectivity index is 1.58. The fourth-order valence-electron chi connectivity index (χ4n) is 6.01. The van der Waals surface area contributed by atoms with E-state index in [0.29, 0.717) is 36.3 Å². The zero-order valence-corrected chi connectivity index (χ0v) is 19.6. The molecular weight excluding hydrogens is 408 g/mol. The molecule has 0 saturated heterocycles. The molecule has 4 aliphatic rings. The molecule has 2 unspecified atom stereocenters. The molecule has 8 heteroatoms. The van der Waals surface area contributed by atoms with Crippen molar-refractivity contribution in [2.75, 3.05) is 6.61 Å². The van der Waals surface area contributed by atoms with E-state index in [-0.39, 0.29) is 17.4 Å². The third kappa shape index (κ3) is 4.42. The van der Waals surface area contributed by atoms with Crippen molar-refractivity contribution in [2.24, 2.45) is 28.9 Å². The lowest BCUT2D eigenvalue weighted by atomic mass is 9.51. The molecule has 0 spiro atoms. The normalized spacial score (nSPS) is 31.4. The largest absolute Gasteiger partial charge is 0.477 e. The van der Waals surface area contributed by atoms with E-state index in [2.05, 4.69) is 10.4 Å². The van der Waals surface area contributed by atoms with Crippen molar-refractivity contribution in [3.05, 3.63) is 17.8 Å². The van der Waals surface area contributed by atoms with Gasteiger partial charge in [-0.05, 0) is 70.1 Å². The van der Waals surface area contributed by atoms with Crippen molar-refractivity contribution in [2.45, 2.75) is 77.4 Å². The van der Waals surface area contributed by atoms with Gasteiger partial charge in [-0.15, -0.1) is 0 Å². The Labute approximate surface area is 189 Å². The van der Waals surface area contributed by atoms with Crippen LogP contribution in [-0.4, -0.2) is 44.4 Å². The van der Waals surface area contributed by atoms with Crippen LogP contribution in [0.2, 0.25) is 0 Å². The lowest BCUT2D eigenvalue weighted by Crippen LogP contribution is -2.65. The number of ether oxygens (including phenoxy) is 1. The minimum Gasteiger partial charge on any atom is -0.477 e. The third-order valence-electron chi connectivity index (χ3n) is 7.22. The molecule has 1 aromatic rings. The first-order valence-corrected chi connectivity index (χ1v) is 11.6. The van der Waals surface area contributed by atoms with E-state index >= 15 is 0 Å². The van der Waals surface area contributed by atoms with Gasteiger partial charge >= 0.3 is 0 Å². The Morgan fingerprint density at radius 2 is 2.00 bits per heavy atom. The van der Waals surface area contributed by atoms with Gasteiger partial charge in [0.25, 0.3) is 5.91 Å². The Hall–Kier alpha value is -2.35. The predicted molar refractivity (Wildman–Crippen MR) is 121 cm³/mol. The van der Waals surface area contributed by atoms with Crippen LogP contribution in [0.25, 0.3) is 6.20 Å². The highest BCUT2D eigenvalue weighted by atomic mass is 16.5. The van der Waals surface area contributed by atoms with Gasteiger partial charge in [-0.3, -0.25) is 9.59 Å². The van der Waals surface area contributed by atoms with Crippen LogP contribution in [0.15, 0.2) is 12.3 Å². The fourth-order valence-corrected chi connectivity index (χ4v) is 6.01. The molecule has 1 aromatic heterocycles. The molecule has 0 aliphatic heterocycles. The predicted octanol–water partition coefficient (Wildman–Crippen LogP) is 2.71. The molecule has 0 aromatic carbocycles. The molecule has 4 saturated carbocycles. The third-order valence-corrected chi connectivity index (χ3v) is 7.22. The maximum Gasteiger partial charge on any atom is 0.258 e. The van der Waals surface area contributed by atoms with Crippen LogP contribution in [0.3, 0.4) is 0 Å². The first kappa shape index (κ1) is 22.8. The van der Waals surface area contributed by atoms with E-state index in [1.165, 1.54) is 10.9 Å². The number of primary amides is 1. The van der Waals surface area contributed by atoms with Crippen LogP contribution in [-0.2, 0) is 4.79 Å². The molecule has 1 heterocycles. The van der Waals surface area contributed by atoms with Crippen molar-refractivity contribution in [3.63, 3.8) is 0 Å². The van der Waals surface area contributed by atoms with Crippen molar-refractivity contribution < 1.29 is 19.4 Å². The van der Waals surface area contributed by atoms with Gasteiger partial charge in [-0.1, -0.05) is 19.9 Å². The van der Waals surface area contributed by atoms with Crippen LogP contribution in [0.4, 0.5) is 0 Å². The van der Waals surface area contributed by atoms with Gasteiger partial charge < -0.3 is 20.9 Å². The van der Waals surface area contributed by atoms with Crippen molar-refractivity contribution in [1.29, 1.82) is 0 Å². The van der Waals surface area contributed by atoms with Crippen LogP contribution in [0.5, 0.6) is 5.88 Å². The second-order valence-corrected chi connectivity index (χ2v) is 11.3. The lowest BCUT2D eigenvalue weighted by molar-refractivity contribution is -0.139. The molecule has 4 bridgehead atoms. The van der Waals surface area contributed by atoms with E-state index < -0.39 is 16.9 Å². The monoisotopic (exact) mass is 444 g/mol. The first-order valence-electron chi connectivity index (χ1n) is 11.6. The van der Waals surface area contributed by atoms with E-state index in [4.69, 9.17) is 10.5 Å². The second kappa shape index (κ2) is 7.90. The van der Waals surface area contributed by atoms with Gasteiger partial charge in [0.15, 0.2) is 0 Å².